The van der Waals surface area contributed by atoms with Crippen molar-refractivity contribution in [3.8, 4) is 0 Å². The van der Waals surface area contributed by atoms with Crippen molar-refractivity contribution in [1.29, 1.82) is 0 Å². The molecule has 0 aromatic heterocycles. The largest absolute Gasteiger partial charge is 0.326 e. The zero-order valence-electron chi connectivity index (χ0n) is 12.0. The van der Waals surface area contributed by atoms with E-state index in [0.29, 0.717) is 5.69 Å². The zero-order valence-corrected chi connectivity index (χ0v) is 13.6. The molecule has 2 rings (SSSR count). The molecule has 0 aliphatic rings. The summed E-state index contributed by atoms with van der Waals surface area (Å²) in [7, 11) is -4.04. The molecule has 2 aromatic rings. The number of anilines is 1. The van der Waals surface area contributed by atoms with Crippen LogP contribution in [-0.2, 0) is 14.8 Å². The summed E-state index contributed by atoms with van der Waals surface area (Å²) >= 11 is 5.76. The third-order valence-electron chi connectivity index (χ3n) is 2.78. The van der Waals surface area contributed by atoms with Gasteiger partial charge in [-0.1, -0.05) is 23.7 Å². The van der Waals surface area contributed by atoms with Crippen molar-refractivity contribution in [1.82, 2.24) is 4.72 Å². The molecule has 0 radical (unpaired) electrons. The van der Waals surface area contributed by atoms with Crippen molar-refractivity contribution < 1.29 is 18.0 Å². The summed E-state index contributed by atoms with van der Waals surface area (Å²) in [5.41, 5.74) is 0.493. The molecular formula is C15H13ClN2O4S. The fourth-order valence-electron chi connectivity index (χ4n) is 1.82. The highest BCUT2D eigenvalue weighted by atomic mass is 35.5. The van der Waals surface area contributed by atoms with Crippen LogP contribution in [0.4, 0.5) is 5.69 Å². The predicted molar refractivity (Wildman–Crippen MR) is 86.8 cm³/mol. The van der Waals surface area contributed by atoms with Crippen LogP contribution in [-0.4, -0.2) is 20.2 Å². The van der Waals surface area contributed by atoms with Gasteiger partial charge in [-0.15, -0.1) is 0 Å². The minimum absolute atomic E-state index is 0.0989. The van der Waals surface area contributed by atoms with Gasteiger partial charge in [0.25, 0.3) is 15.9 Å². The maximum absolute atomic E-state index is 12.2. The van der Waals surface area contributed by atoms with Crippen molar-refractivity contribution in [3.05, 3.63) is 59.1 Å². The Bertz CT molecular complexity index is 865. The third-order valence-corrected chi connectivity index (χ3v) is 4.34. The van der Waals surface area contributed by atoms with Gasteiger partial charge in [-0.25, -0.2) is 13.1 Å². The number of hydrogen-bond acceptors (Lipinski definition) is 4. The number of carbonyl (C=O) groups is 2. The van der Waals surface area contributed by atoms with E-state index in [1.165, 1.54) is 49.4 Å². The predicted octanol–water partition coefficient (Wildman–Crippen LogP) is 2.42. The SMILES string of the molecule is CC(=O)Nc1cccc(C(=O)NS(=O)(=O)c2cccc(Cl)c2)c1. The summed E-state index contributed by atoms with van der Waals surface area (Å²) in [5.74, 6) is -1.11. The van der Waals surface area contributed by atoms with Crippen LogP contribution in [0.25, 0.3) is 0 Å². The number of rotatable bonds is 4. The number of hydrogen-bond donors (Lipinski definition) is 2. The van der Waals surface area contributed by atoms with E-state index in [1.807, 2.05) is 4.72 Å². The number of nitrogens with one attached hydrogen (secondary N) is 2. The first-order valence-corrected chi connectivity index (χ1v) is 8.34. The van der Waals surface area contributed by atoms with Gasteiger partial charge in [0.2, 0.25) is 5.91 Å². The Morgan fingerprint density at radius 1 is 1.04 bits per heavy atom. The molecule has 0 saturated carbocycles. The minimum Gasteiger partial charge on any atom is -0.326 e. The van der Waals surface area contributed by atoms with E-state index in [-0.39, 0.29) is 21.4 Å². The zero-order chi connectivity index (χ0) is 17.0. The molecule has 6 nitrogen and oxygen atoms in total. The quantitative estimate of drug-likeness (QED) is 0.883. The second-order valence-electron chi connectivity index (χ2n) is 4.65. The topological polar surface area (TPSA) is 92.3 Å². The molecule has 2 N–H and O–H groups in total. The van der Waals surface area contributed by atoms with Crippen molar-refractivity contribution in [3.63, 3.8) is 0 Å². The molecular weight excluding hydrogens is 340 g/mol. The van der Waals surface area contributed by atoms with E-state index in [0.717, 1.165) is 0 Å². The Hall–Kier alpha value is -2.38. The first-order valence-electron chi connectivity index (χ1n) is 6.48. The highest BCUT2D eigenvalue weighted by Crippen LogP contribution is 2.16. The van der Waals surface area contributed by atoms with Gasteiger partial charge in [-0.2, -0.15) is 0 Å². The van der Waals surface area contributed by atoms with Gasteiger partial charge >= 0.3 is 0 Å². The van der Waals surface area contributed by atoms with Gasteiger partial charge in [0, 0.05) is 23.2 Å². The highest BCUT2D eigenvalue weighted by molar-refractivity contribution is 7.90. The van der Waals surface area contributed by atoms with Crippen LogP contribution in [0.3, 0.4) is 0 Å². The van der Waals surface area contributed by atoms with Crippen LogP contribution >= 0.6 is 11.6 Å². The first kappa shape index (κ1) is 17.0. The van der Waals surface area contributed by atoms with E-state index in [4.69, 9.17) is 11.6 Å². The molecule has 0 spiro atoms. The monoisotopic (exact) mass is 352 g/mol. The van der Waals surface area contributed by atoms with Crippen molar-refractivity contribution >= 4 is 39.1 Å². The lowest BCUT2D eigenvalue weighted by atomic mass is 10.2. The summed E-state index contributed by atoms with van der Waals surface area (Å²) in [6, 6.07) is 11.5. The molecule has 120 valence electrons. The van der Waals surface area contributed by atoms with E-state index in [9.17, 15) is 18.0 Å². The van der Waals surface area contributed by atoms with E-state index in [2.05, 4.69) is 5.32 Å². The summed E-state index contributed by atoms with van der Waals surface area (Å²) in [6.07, 6.45) is 0. The van der Waals surface area contributed by atoms with Crippen molar-refractivity contribution in [2.45, 2.75) is 11.8 Å². The number of sulfonamides is 1. The lowest BCUT2D eigenvalue weighted by molar-refractivity contribution is -0.114. The Kier molecular flexibility index (Phi) is 5.02. The number of amides is 2. The molecule has 0 aliphatic heterocycles. The Labute approximate surface area is 138 Å². The van der Waals surface area contributed by atoms with Crippen LogP contribution in [0.5, 0.6) is 0 Å². The minimum atomic E-state index is -4.04. The van der Waals surface area contributed by atoms with E-state index in [1.54, 1.807) is 6.07 Å². The van der Waals surface area contributed by atoms with Gasteiger partial charge in [0.1, 0.15) is 0 Å². The average Bonchev–Trinajstić information content (AvgIpc) is 2.46. The maximum Gasteiger partial charge on any atom is 0.265 e. The molecule has 0 atom stereocenters. The van der Waals surface area contributed by atoms with E-state index < -0.39 is 15.9 Å². The van der Waals surface area contributed by atoms with E-state index >= 15 is 0 Å². The molecule has 0 saturated heterocycles. The van der Waals surface area contributed by atoms with Gasteiger partial charge in [-0.05, 0) is 36.4 Å². The van der Waals surface area contributed by atoms with Crippen LogP contribution in [0.2, 0.25) is 5.02 Å². The molecule has 8 heteroatoms. The van der Waals surface area contributed by atoms with Crippen molar-refractivity contribution in [2.24, 2.45) is 0 Å². The van der Waals surface area contributed by atoms with Gasteiger partial charge in [-0.3, -0.25) is 9.59 Å². The van der Waals surface area contributed by atoms with Crippen LogP contribution < -0.4 is 10.0 Å². The summed E-state index contributed by atoms with van der Waals surface area (Å²) in [6.45, 7) is 1.33. The Morgan fingerprint density at radius 3 is 2.39 bits per heavy atom. The fourth-order valence-corrected chi connectivity index (χ4v) is 3.09. The molecule has 0 fully saturated rings. The molecule has 2 amide bonds. The Morgan fingerprint density at radius 2 is 1.74 bits per heavy atom. The van der Waals surface area contributed by atoms with Gasteiger partial charge < -0.3 is 5.32 Å². The highest BCUT2D eigenvalue weighted by Gasteiger charge is 2.19. The summed E-state index contributed by atoms with van der Waals surface area (Å²) in [5, 5.41) is 2.76. The average molecular weight is 353 g/mol. The normalized spacial score (nSPS) is 10.9. The standard InChI is InChI=1S/C15H13ClN2O4S/c1-10(19)17-13-6-2-4-11(8-13)15(20)18-23(21,22)14-7-3-5-12(16)9-14/h2-9H,1H3,(H,17,19)(H,18,20). The van der Waals surface area contributed by atoms with Crippen molar-refractivity contribution in [2.75, 3.05) is 5.32 Å². The maximum atomic E-state index is 12.2. The number of halogens is 1. The molecule has 0 aliphatic carbocycles. The molecule has 2 aromatic carbocycles. The lowest BCUT2D eigenvalue weighted by Gasteiger charge is -2.08. The van der Waals surface area contributed by atoms with Crippen LogP contribution in [0.15, 0.2) is 53.4 Å². The second-order valence-corrected chi connectivity index (χ2v) is 6.77. The molecule has 0 unspecified atom stereocenters. The third kappa shape index (κ3) is 4.54. The Balaban J connectivity index is 2.23. The summed E-state index contributed by atoms with van der Waals surface area (Å²) < 4.78 is 26.3. The lowest BCUT2D eigenvalue weighted by Crippen LogP contribution is -2.30. The van der Waals surface area contributed by atoms with Crippen LogP contribution in [0.1, 0.15) is 17.3 Å². The number of carbonyl (C=O) groups excluding carboxylic acids is 2. The smallest absolute Gasteiger partial charge is 0.265 e. The molecule has 0 bridgehead atoms. The van der Waals surface area contributed by atoms with Gasteiger partial charge in [0.15, 0.2) is 0 Å². The fraction of sp³-hybridized carbons (Fsp3) is 0.0667. The summed E-state index contributed by atoms with van der Waals surface area (Å²) in [4.78, 5) is 23.0. The molecule has 0 heterocycles. The van der Waals surface area contributed by atoms with Crippen LogP contribution in [0, 0.1) is 0 Å². The first-order chi connectivity index (χ1) is 10.8. The molecule has 23 heavy (non-hydrogen) atoms. The second kappa shape index (κ2) is 6.80. The van der Waals surface area contributed by atoms with Gasteiger partial charge in [0.05, 0.1) is 4.90 Å². The number of benzene rings is 2.